The summed E-state index contributed by atoms with van der Waals surface area (Å²) in [6.07, 6.45) is 4.62. The third-order valence-electron chi connectivity index (χ3n) is 4.47. The molecule has 27 heavy (non-hydrogen) atoms. The fourth-order valence-electron chi connectivity index (χ4n) is 2.93. The molecule has 2 rings (SSSR count). The highest BCUT2D eigenvalue weighted by atomic mass is 127. The highest BCUT2D eigenvalue weighted by molar-refractivity contribution is 14.0. The molecule has 0 amide bonds. The molecule has 0 saturated carbocycles. The van der Waals surface area contributed by atoms with E-state index in [1.54, 1.807) is 7.05 Å². The Morgan fingerprint density at radius 2 is 1.96 bits per heavy atom. The van der Waals surface area contributed by atoms with Crippen molar-refractivity contribution in [1.82, 2.24) is 10.6 Å². The maximum atomic E-state index is 5.67. The minimum absolute atomic E-state index is 0. The van der Waals surface area contributed by atoms with Gasteiger partial charge in [-0.3, -0.25) is 4.99 Å². The maximum absolute atomic E-state index is 5.67. The van der Waals surface area contributed by atoms with Crippen LogP contribution in [-0.2, 0) is 9.47 Å². The summed E-state index contributed by atoms with van der Waals surface area (Å²) in [6, 6.07) is 10.5. The zero-order valence-corrected chi connectivity index (χ0v) is 19.0. The number of hydrogen-bond acceptors (Lipinski definition) is 4. The first kappa shape index (κ1) is 24.0. The quantitative estimate of drug-likeness (QED) is 0.216. The minimum atomic E-state index is 0. The van der Waals surface area contributed by atoms with Gasteiger partial charge in [0.05, 0.1) is 12.7 Å². The summed E-state index contributed by atoms with van der Waals surface area (Å²) in [5, 5.41) is 6.70. The Balaban J connectivity index is 0.00000364. The van der Waals surface area contributed by atoms with Crippen LogP contribution < -0.4 is 15.5 Å². The fraction of sp³-hybridized carbons (Fsp3) is 0.650. The molecule has 1 aliphatic rings. The van der Waals surface area contributed by atoms with E-state index in [1.165, 1.54) is 12.1 Å². The number of nitrogens with zero attached hydrogens (tertiary/aromatic N) is 2. The van der Waals surface area contributed by atoms with Crippen LogP contribution in [0.5, 0.6) is 0 Å². The van der Waals surface area contributed by atoms with E-state index in [4.69, 9.17) is 9.47 Å². The summed E-state index contributed by atoms with van der Waals surface area (Å²) in [7, 11) is 3.93. The van der Waals surface area contributed by atoms with Gasteiger partial charge < -0.3 is 25.0 Å². The summed E-state index contributed by atoms with van der Waals surface area (Å²) in [4.78, 5) is 6.53. The topological polar surface area (TPSA) is 58.1 Å². The number of halogens is 1. The SMILES string of the molecule is CN=C(NCCCOCC1CCCO1)NCCCN(C)c1ccccc1.I. The number of hydrogen-bond donors (Lipinski definition) is 2. The average molecular weight is 490 g/mol. The molecule has 0 radical (unpaired) electrons. The fourth-order valence-corrected chi connectivity index (χ4v) is 2.93. The van der Waals surface area contributed by atoms with Crippen molar-refractivity contribution >= 4 is 35.6 Å². The van der Waals surface area contributed by atoms with Crippen LogP contribution in [0.4, 0.5) is 5.69 Å². The number of para-hydroxylation sites is 1. The van der Waals surface area contributed by atoms with Gasteiger partial charge in [0.2, 0.25) is 0 Å². The first-order chi connectivity index (χ1) is 12.8. The zero-order chi connectivity index (χ0) is 18.5. The van der Waals surface area contributed by atoms with Crippen LogP contribution in [0.15, 0.2) is 35.3 Å². The Labute approximate surface area is 181 Å². The second kappa shape index (κ2) is 14.9. The van der Waals surface area contributed by atoms with Crippen molar-refractivity contribution in [3.63, 3.8) is 0 Å². The van der Waals surface area contributed by atoms with Crippen molar-refractivity contribution in [3.8, 4) is 0 Å². The Kier molecular flexibility index (Phi) is 13.3. The van der Waals surface area contributed by atoms with E-state index >= 15 is 0 Å². The second-order valence-corrected chi connectivity index (χ2v) is 6.60. The van der Waals surface area contributed by atoms with Gasteiger partial charge >= 0.3 is 0 Å². The molecule has 1 aliphatic heterocycles. The highest BCUT2D eigenvalue weighted by Crippen LogP contribution is 2.12. The maximum Gasteiger partial charge on any atom is 0.190 e. The number of guanidine groups is 1. The molecule has 0 aliphatic carbocycles. The van der Waals surface area contributed by atoms with Crippen LogP contribution >= 0.6 is 24.0 Å². The molecule has 0 spiro atoms. The summed E-state index contributed by atoms with van der Waals surface area (Å²) >= 11 is 0. The molecule has 1 saturated heterocycles. The summed E-state index contributed by atoms with van der Waals surface area (Å²) in [6.45, 7) is 5.12. The predicted octanol–water partition coefficient (Wildman–Crippen LogP) is 2.88. The smallest absolute Gasteiger partial charge is 0.190 e. The molecule has 2 N–H and O–H groups in total. The van der Waals surface area contributed by atoms with Crippen LogP contribution in [0.2, 0.25) is 0 Å². The van der Waals surface area contributed by atoms with Crippen molar-refractivity contribution in [2.45, 2.75) is 31.8 Å². The summed E-state index contributed by atoms with van der Waals surface area (Å²) < 4.78 is 11.2. The first-order valence-corrected chi connectivity index (χ1v) is 9.69. The standard InChI is InChI=1S/C20H34N4O2.HI/c1-21-20(23-13-8-15-25-17-19-11-6-16-26-19)22-12-7-14-24(2)18-9-4-3-5-10-18;/h3-5,9-10,19H,6-8,11-17H2,1-2H3,(H2,21,22,23);1H. The molecule has 7 heteroatoms. The van der Waals surface area contributed by atoms with E-state index in [2.05, 4.69) is 51.8 Å². The van der Waals surface area contributed by atoms with Gasteiger partial charge in [-0.05, 0) is 37.8 Å². The Morgan fingerprint density at radius 3 is 2.63 bits per heavy atom. The van der Waals surface area contributed by atoms with Crippen molar-refractivity contribution in [2.75, 3.05) is 58.5 Å². The third-order valence-corrected chi connectivity index (χ3v) is 4.47. The molecule has 1 aromatic rings. The van der Waals surface area contributed by atoms with Gasteiger partial charge in [0.15, 0.2) is 5.96 Å². The van der Waals surface area contributed by atoms with Crippen molar-refractivity contribution < 1.29 is 9.47 Å². The second-order valence-electron chi connectivity index (χ2n) is 6.60. The number of rotatable bonds is 11. The molecule has 0 bridgehead atoms. The molecule has 1 aromatic carbocycles. The molecule has 1 heterocycles. The molecule has 1 fully saturated rings. The number of ether oxygens (including phenoxy) is 2. The Bertz CT molecular complexity index is 510. The lowest BCUT2D eigenvalue weighted by Crippen LogP contribution is -2.39. The van der Waals surface area contributed by atoms with Gasteiger partial charge in [0, 0.05) is 52.6 Å². The molecule has 0 aromatic heterocycles. The van der Waals surface area contributed by atoms with Gasteiger partial charge in [-0.1, -0.05) is 18.2 Å². The zero-order valence-electron chi connectivity index (χ0n) is 16.7. The highest BCUT2D eigenvalue weighted by Gasteiger charge is 2.14. The number of benzene rings is 1. The number of aliphatic imine (C=N–C) groups is 1. The van der Waals surface area contributed by atoms with Crippen LogP contribution in [-0.4, -0.2) is 65.6 Å². The Hall–Kier alpha value is -1.06. The Morgan fingerprint density at radius 1 is 1.22 bits per heavy atom. The van der Waals surface area contributed by atoms with E-state index in [9.17, 15) is 0 Å². The van der Waals surface area contributed by atoms with Crippen molar-refractivity contribution in [3.05, 3.63) is 30.3 Å². The third kappa shape index (κ3) is 10.2. The predicted molar refractivity (Wildman–Crippen MR) is 124 cm³/mol. The van der Waals surface area contributed by atoms with E-state index in [0.717, 1.165) is 64.7 Å². The molecule has 154 valence electrons. The van der Waals surface area contributed by atoms with Crippen molar-refractivity contribution in [1.29, 1.82) is 0 Å². The molecule has 1 unspecified atom stereocenters. The van der Waals surface area contributed by atoms with Gasteiger partial charge in [-0.2, -0.15) is 0 Å². The van der Waals surface area contributed by atoms with Gasteiger partial charge in [-0.15, -0.1) is 24.0 Å². The lowest BCUT2D eigenvalue weighted by Gasteiger charge is -2.19. The lowest BCUT2D eigenvalue weighted by molar-refractivity contribution is 0.0168. The monoisotopic (exact) mass is 490 g/mol. The summed E-state index contributed by atoms with van der Waals surface area (Å²) in [5.74, 6) is 0.853. The summed E-state index contributed by atoms with van der Waals surface area (Å²) in [5.41, 5.74) is 1.25. The van der Waals surface area contributed by atoms with Crippen LogP contribution in [0.3, 0.4) is 0 Å². The van der Waals surface area contributed by atoms with E-state index < -0.39 is 0 Å². The van der Waals surface area contributed by atoms with Crippen LogP contribution in [0, 0.1) is 0 Å². The molecule has 6 nitrogen and oxygen atoms in total. The van der Waals surface area contributed by atoms with E-state index in [0.29, 0.717) is 6.10 Å². The first-order valence-electron chi connectivity index (χ1n) is 9.69. The van der Waals surface area contributed by atoms with Crippen LogP contribution in [0.1, 0.15) is 25.7 Å². The lowest BCUT2D eigenvalue weighted by atomic mass is 10.2. The largest absolute Gasteiger partial charge is 0.379 e. The average Bonchev–Trinajstić information content (AvgIpc) is 3.20. The normalized spacial score (nSPS) is 16.7. The van der Waals surface area contributed by atoms with Crippen LogP contribution in [0.25, 0.3) is 0 Å². The minimum Gasteiger partial charge on any atom is -0.379 e. The number of nitrogens with one attached hydrogen (secondary N) is 2. The van der Waals surface area contributed by atoms with Gasteiger partial charge in [-0.25, -0.2) is 0 Å². The number of anilines is 1. The molecular formula is C20H35IN4O2. The molecular weight excluding hydrogens is 455 g/mol. The van der Waals surface area contributed by atoms with Crippen molar-refractivity contribution in [2.24, 2.45) is 4.99 Å². The van der Waals surface area contributed by atoms with Gasteiger partial charge in [0.25, 0.3) is 0 Å². The van der Waals surface area contributed by atoms with E-state index in [-0.39, 0.29) is 24.0 Å². The van der Waals surface area contributed by atoms with E-state index in [1.807, 2.05) is 6.07 Å². The van der Waals surface area contributed by atoms with Gasteiger partial charge in [0.1, 0.15) is 0 Å². The molecule has 1 atom stereocenters.